The van der Waals surface area contributed by atoms with E-state index < -0.39 is 0 Å². The van der Waals surface area contributed by atoms with Gasteiger partial charge in [0.05, 0.1) is 12.2 Å². The van der Waals surface area contributed by atoms with E-state index in [1.54, 1.807) is 10.9 Å². The molecule has 0 fully saturated rings. The van der Waals surface area contributed by atoms with Crippen LogP contribution >= 0.6 is 0 Å². The molecule has 3 aromatic rings. The van der Waals surface area contributed by atoms with Crippen LogP contribution in [0.15, 0.2) is 54.9 Å². The molecular formula is C16H18N6. The van der Waals surface area contributed by atoms with Crippen LogP contribution < -0.4 is 0 Å². The summed E-state index contributed by atoms with van der Waals surface area (Å²) in [5.41, 5.74) is 2.13. The summed E-state index contributed by atoms with van der Waals surface area (Å²) in [6, 6.07) is 14.2. The minimum Gasteiger partial charge on any atom is -0.292 e. The molecule has 6 heteroatoms. The summed E-state index contributed by atoms with van der Waals surface area (Å²) in [5.74, 6) is 0.810. The first-order valence-electron chi connectivity index (χ1n) is 7.18. The highest BCUT2D eigenvalue weighted by atomic mass is 15.5. The number of pyridine rings is 1. The predicted molar refractivity (Wildman–Crippen MR) is 83.3 cm³/mol. The largest absolute Gasteiger partial charge is 0.292 e. The number of tetrazole rings is 1. The van der Waals surface area contributed by atoms with Crippen LogP contribution in [0.25, 0.3) is 5.69 Å². The second-order valence-electron chi connectivity index (χ2n) is 5.22. The minimum absolute atomic E-state index is 0.231. The lowest BCUT2D eigenvalue weighted by Crippen LogP contribution is -2.24. The van der Waals surface area contributed by atoms with E-state index in [1.165, 1.54) is 5.56 Å². The smallest absolute Gasteiger partial charge is 0.170 e. The molecule has 0 N–H and O–H groups in total. The van der Waals surface area contributed by atoms with E-state index >= 15 is 0 Å². The Morgan fingerprint density at radius 3 is 2.68 bits per heavy atom. The van der Waals surface area contributed by atoms with Crippen molar-refractivity contribution in [1.82, 2.24) is 30.1 Å². The van der Waals surface area contributed by atoms with Gasteiger partial charge in [0.25, 0.3) is 0 Å². The molecule has 0 aliphatic heterocycles. The maximum Gasteiger partial charge on any atom is 0.170 e. The first-order valence-corrected chi connectivity index (χ1v) is 7.18. The van der Waals surface area contributed by atoms with Crippen molar-refractivity contribution in [2.75, 3.05) is 7.05 Å². The molecule has 0 aliphatic carbocycles. The van der Waals surface area contributed by atoms with Gasteiger partial charge in [0.2, 0.25) is 0 Å². The Morgan fingerprint density at radius 2 is 1.95 bits per heavy atom. The van der Waals surface area contributed by atoms with Gasteiger partial charge in [-0.3, -0.25) is 9.88 Å². The van der Waals surface area contributed by atoms with E-state index in [-0.39, 0.29) is 6.04 Å². The number of benzene rings is 1. The number of hydrogen-bond acceptors (Lipinski definition) is 5. The molecule has 1 unspecified atom stereocenters. The molecule has 3 rings (SSSR count). The van der Waals surface area contributed by atoms with E-state index in [4.69, 9.17) is 0 Å². The summed E-state index contributed by atoms with van der Waals surface area (Å²) in [7, 11) is 2.06. The number of aromatic nitrogens is 5. The molecule has 2 heterocycles. The highest BCUT2D eigenvalue weighted by Gasteiger charge is 2.16. The molecule has 6 nitrogen and oxygen atoms in total. The maximum atomic E-state index is 4.18. The molecule has 0 bridgehead atoms. The monoisotopic (exact) mass is 294 g/mol. The fraction of sp³-hybridized carbons (Fsp3) is 0.250. The Kier molecular flexibility index (Phi) is 4.20. The van der Waals surface area contributed by atoms with Crippen LogP contribution in [0.5, 0.6) is 0 Å². The average molecular weight is 294 g/mol. The molecule has 1 aromatic carbocycles. The van der Waals surface area contributed by atoms with Crippen molar-refractivity contribution >= 4 is 0 Å². The quantitative estimate of drug-likeness (QED) is 0.722. The Hall–Kier alpha value is -2.60. The molecule has 112 valence electrons. The molecule has 0 amide bonds. The van der Waals surface area contributed by atoms with Crippen LogP contribution in [0.3, 0.4) is 0 Å². The molecule has 0 saturated carbocycles. The van der Waals surface area contributed by atoms with Gasteiger partial charge in [0.15, 0.2) is 5.82 Å². The van der Waals surface area contributed by atoms with Crippen LogP contribution in [0, 0.1) is 0 Å². The molecule has 1 atom stereocenters. The first-order chi connectivity index (χ1) is 10.8. The van der Waals surface area contributed by atoms with E-state index in [9.17, 15) is 0 Å². The summed E-state index contributed by atoms with van der Waals surface area (Å²) < 4.78 is 1.77. The Labute approximate surface area is 129 Å². The van der Waals surface area contributed by atoms with E-state index in [0.29, 0.717) is 6.54 Å². The number of nitrogens with zero attached hydrogens (tertiary/aromatic N) is 6. The zero-order valence-electron chi connectivity index (χ0n) is 12.7. The summed E-state index contributed by atoms with van der Waals surface area (Å²) in [6.07, 6.45) is 3.67. The van der Waals surface area contributed by atoms with Crippen molar-refractivity contribution in [2.45, 2.75) is 19.5 Å². The summed E-state index contributed by atoms with van der Waals surface area (Å²) >= 11 is 0. The lowest BCUT2D eigenvalue weighted by molar-refractivity contribution is 0.244. The summed E-state index contributed by atoms with van der Waals surface area (Å²) in [6.45, 7) is 2.80. The second-order valence-corrected chi connectivity index (χ2v) is 5.22. The molecular weight excluding hydrogens is 276 g/mol. The van der Waals surface area contributed by atoms with Gasteiger partial charge in [0.1, 0.15) is 0 Å². The van der Waals surface area contributed by atoms with Crippen LogP contribution in [0.1, 0.15) is 24.4 Å². The van der Waals surface area contributed by atoms with Crippen molar-refractivity contribution in [2.24, 2.45) is 0 Å². The number of hydrogen-bond donors (Lipinski definition) is 0. The van der Waals surface area contributed by atoms with Gasteiger partial charge in [-0.05, 0) is 48.2 Å². The maximum absolute atomic E-state index is 4.18. The third-order valence-electron chi connectivity index (χ3n) is 3.75. The average Bonchev–Trinajstić information content (AvgIpc) is 3.04. The number of rotatable bonds is 5. The van der Waals surface area contributed by atoms with Crippen molar-refractivity contribution in [1.29, 1.82) is 0 Å². The topological polar surface area (TPSA) is 59.7 Å². The lowest BCUT2D eigenvalue weighted by Gasteiger charge is -2.24. The first kappa shape index (κ1) is 14.3. The Morgan fingerprint density at radius 1 is 1.14 bits per heavy atom. The van der Waals surface area contributed by atoms with Crippen molar-refractivity contribution < 1.29 is 0 Å². The predicted octanol–water partition coefficient (Wildman–Crippen LogP) is 2.25. The highest BCUT2D eigenvalue weighted by Crippen LogP contribution is 2.19. The van der Waals surface area contributed by atoms with Crippen LogP contribution in [-0.4, -0.2) is 37.1 Å². The third-order valence-corrected chi connectivity index (χ3v) is 3.75. The molecule has 2 aromatic heterocycles. The zero-order valence-corrected chi connectivity index (χ0v) is 12.7. The van der Waals surface area contributed by atoms with E-state index in [2.05, 4.69) is 45.4 Å². The molecule has 22 heavy (non-hydrogen) atoms. The van der Waals surface area contributed by atoms with Crippen LogP contribution in [0.4, 0.5) is 0 Å². The Balaban J connectivity index is 1.78. The van der Waals surface area contributed by atoms with Crippen LogP contribution in [-0.2, 0) is 6.54 Å². The highest BCUT2D eigenvalue weighted by molar-refractivity contribution is 5.30. The van der Waals surface area contributed by atoms with E-state index in [1.807, 2.05) is 42.6 Å². The molecule has 0 radical (unpaired) electrons. The zero-order chi connectivity index (χ0) is 15.4. The van der Waals surface area contributed by atoms with Gasteiger partial charge in [-0.2, -0.15) is 4.68 Å². The Bertz CT molecular complexity index is 710. The fourth-order valence-corrected chi connectivity index (χ4v) is 2.31. The lowest BCUT2D eigenvalue weighted by atomic mass is 10.1. The molecule has 0 spiro atoms. The summed E-state index contributed by atoms with van der Waals surface area (Å²) in [4.78, 5) is 6.37. The van der Waals surface area contributed by atoms with Crippen molar-refractivity contribution in [3.05, 3.63) is 66.2 Å². The number of para-hydroxylation sites is 1. The fourth-order valence-electron chi connectivity index (χ4n) is 2.31. The molecule has 0 saturated heterocycles. The third kappa shape index (κ3) is 3.01. The van der Waals surface area contributed by atoms with Gasteiger partial charge in [-0.15, -0.1) is 5.10 Å². The van der Waals surface area contributed by atoms with E-state index in [0.717, 1.165) is 11.5 Å². The van der Waals surface area contributed by atoms with Gasteiger partial charge in [-0.1, -0.05) is 24.3 Å². The second kappa shape index (κ2) is 6.44. The normalized spacial score (nSPS) is 12.5. The van der Waals surface area contributed by atoms with Crippen molar-refractivity contribution in [3.8, 4) is 5.69 Å². The van der Waals surface area contributed by atoms with Crippen molar-refractivity contribution in [3.63, 3.8) is 0 Å². The summed E-state index contributed by atoms with van der Waals surface area (Å²) in [5, 5.41) is 12.0. The molecule has 0 aliphatic rings. The minimum atomic E-state index is 0.231. The van der Waals surface area contributed by atoms with Crippen LogP contribution in [0.2, 0.25) is 0 Å². The van der Waals surface area contributed by atoms with Gasteiger partial charge < -0.3 is 0 Å². The standard InChI is InChI=1S/C16H18N6/c1-13(14-7-6-10-17-11-14)21(2)12-16-18-19-20-22(16)15-8-4-3-5-9-15/h3-11,13H,12H2,1-2H3. The SMILES string of the molecule is CC(c1cccnc1)N(C)Cc1nnnn1-c1ccccc1. The van der Waals surface area contributed by atoms with Gasteiger partial charge >= 0.3 is 0 Å². The van der Waals surface area contributed by atoms with Gasteiger partial charge in [0, 0.05) is 18.4 Å². The van der Waals surface area contributed by atoms with Gasteiger partial charge in [-0.25, -0.2) is 0 Å².